The van der Waals surface area contributed by atoms with Crippen molar-refractivity contribution < 1.29 is 18.0 Å². The summed E-state index contributed by atoms with van der Waals surface area (Å²) in [7, 11) is 0. The molecule has 0 aliphatic heterocycles. The highest BCUT2D eigenvalue weighted by molar-refractivity contribution is 5.95. The predicted molar refractivity (Wildman–Crippen MR) is 74.1 cm³/mol. The molecule has 3 N–H and O–H groups in total. The summed E-state index contributed by atoms with van der Waals surface area (Å²) in [5, 5.41) is 2.29. The Morgan fingerprint density at radius 3 is 2.52 bits per heavy atom. The minimum absolute atomic E-state index is 0.130. The smallest absolute Gasteiger partial charge is 0.231 e. The van der Waals surface area contributed by atoms with E-state index in [0.29, 0.717) is 24.8 Å². The second kappa shape index (κ2) is 6.05. The number of amides is 1. The van der Waals surface area contributed by atoms with Crippen LogP contribution in [0.1, 0.15) is 32.6 Å². The molecular formula is C15H19F3N2O. The first-order chi connectivity index (χ1) is 9.88. The second-order valence-electron chi connectivity index (χ2n) is 5.87. The first kappa shape index (κ1) is 15.8. The van der Waals surface area contributed by atoms with E-state index in [9.17, 15) is 18.0 Å². The summed E-state index contributed by atoms with van der Waals surface area (Å²) >= 11 is 0. The van der Waals surface area contributed by atoms with Gasteiger partial charge in [-0.1, -0.05) is 6.92 Å². The molecule has 21 heavy (non-hydrogen) atoms. The van der Waals surface area contributed by atoms with Crippen LogP contribution in [-0.4, -0.2) is 12.5 Å². The Bertz CT molecular complexity index is 540. The highest BCUT2D eigenvalue weighted by Gasteiger charge is 2.40. The monoisotopic (exact) mass is 300 g/mol. The van der Waals surface area contributed by atoms with E-state index in [-0.39, 0.29) is 6.54 Å². The third-order valence-electron chi connectivity index (χ3n) is 4.34. The predicted octanol–water partition coefficient (Wildman–Crippen LogP) is 3.20. The van der Waals surface area contributed by atoms with Crippen molar-refractivity contribution >= 4 is 11.6 Å². The molecule has 1 amide bonds. The van der Waals surface area contributed by atoms with Gasteiger partial charge in [0.15, 0.2) is 11.6 Å². The summed E-state index contributed by atoms with van der Waals surface area (Å²) in [4.78, 5) is 12.4. The van der Waals surface area contributed by atoms with Crippen LogP contribution in [0.2, 0.25) is 0 Å². The van der Waals surface area contributed by atoms with Crippen molar-refractivity contribution in [2.24, 2.45) is 17.1 Å². The fourth-order valence-corrected chi connectivity index (χ4v) is 2.74. The van der Waals surface area contributed by atoms with E-state index in [1.807, 2.05) is 0 Å². The SMILES string of the molecule is CC1CCC(CN)(C(=O)Nc2cc(F)cc(F)c2F)CC1. The molecule has 1 fully saturated rings. The average Bonchev–Trinajstić information content (AvgIpc) is 2.45. The molecule has 2 rings (SSSR count). The number of hydrogen-bond acceptors (Lipinski definition) is 2. The molecule has 0 radical (unpaired) electrons. The molecule has 1 aliphatic carbocycles. The fraction of sp³-hybridized carbons (Fsp3) is 0.533. The molecule has 1 saturated carbocycles. The number of nitrogens with one attached hydrogen (secondary N) is 1. The lowest BCUT2D eigenvalue weighted by atomic mass is 9.70. The number of hydrogen-bond donors (Lipinski definition) is 2. The standard InChI is InChI=1S/C15H19F3N2O/c1-9-2-4-15(8-19,5-3-9)14(21)20-12-7-10(16)6-11(17)13(12)18/h6-7,9H,2-5,8,19H2,1H3,(H,20,21). The van der Waals surface area contributed by atoms with Crippen molar-refractivity contribution in [1.29, 1.82) is 0 Å². The first-order valence-electron chi connectivity index (χ1n) is 7.04. The maximum atomic E-state index is 13.6. The van der Waals surface area contributed by atoms with Crippen molar-refractivity contribution in [3.8, 4) is 0 Å². The van der Waals surface area contributed by atoms with E-state index in [4.69, 9.17) is 5.73 Å². The molecular weight excluding hydrogens is 281 g/mol. The van der Waals surface area contributed by atoms with Gasteiger partial charge in [0, 0.05) is 18.7 Å². The minimum atomic E-state index is -1.33. The van der Waals surface area contributed by atoms with Gasteiger partial charge in [-0.3, -0.25) is 4.79 Å². The number of anilines is 1. The van der Waals surface area contributed by atoms with Crippen LogP contribution in [0.25, 0.3) is 0 Å². The van der Waals surface area contributed by atoms with Crippen LogP contribution < -0.4 is 11.1 Å². The Balaban J connectivity index is 2.21. The third kappa shape index (κ3) is 3.20. The second-order valence-corrected chi connectivity index (χ2v) is 5.87. The number of rotatable bonds is 3. The van der Waals surface area contributed by atoms with Crippen molar-refractivity contribution in [2.45, 2.75) is 32.6 Å². The molecule has 0 aromatic heterocycles. The van der Waals surface area contributed by atoms with Crippen LogP contribution in [0.5, 0.6) is 0 Å². The average molecular weight is 300 g/mol. The Kier molecular flexibility index (Phi) is 4.56. The van der Waals surface area contributed by atoms with E-state index in [0.717, 1.165) is 18.9 Å². The van der Waals surface area contributed by atoms with E-state index >= 15 is 0 Å². The van der Waals surface area contributed by atoms with Gasteiger partial charge < -0.3 is 11.1 Å². The molecule has 6 heteroatoms. The quantitative estimate of drug-likeness (QED) is 0.842. The zero-order valence-corrected chi connectivity index (χ0v) is 11.9. The molecule has 0 atom stereocenters. The Morgan fingerprint density at radius 1 is 1.33 bits per heavy atom. The largest absolute Gasteiger partial charge is 0.329 e. The van der Waals surface area contributed by atoms with Crippen molar-refractivity contribution in [1.82, 2.24) is 0 Å². The third-order valence-corrected chi connectivity index (χ3v) is 4.34. The summed E-state index contributed by atoms with van der Waals surface area (Å²) in [6, 6.07) is 1.21. The maximum absolute atomic E-state index is 13.6. The lowest BCUT2D eigenvalue weighted by Crippen LogP contribution is -2.45. The van der Waals surface area contributed by atoms with E-state index in [1.165, 1.54) is 0 Å². The molecule has 0 saturated heterocycles. The van der Waals surface area contributed by atoms with Crippen molar-refractivity contribution in [3.63, 3.8) is 0 Å². The van der Waals surface area contributed by atoms with E-state index in [2.05, 4.69) is 12.2 Å². The lowest BCUT2D eigenvalue weighted by molar-refractivity contribution is -0.127. The molecule has 0 spiro atoms. The van der Waals surface area contributed by atoms with Crippen LogP contribution >= 0.6 is 0 Å². The Morgan fingerprint density at radius 2 is 1.95 bits per heavy atom. The van der Waals surface area contributed by atoms with Crippen LogP contribution in [0.15, 0.2) is 12.1 Å². The fourth-order valence-electron chi connectivity index (χ4n) is 2.74. The van der Waals surface area contributed by atoms with Crippen molar-refractivity contribution in [2.75, 3.05) is 11.9 Å². The Labute approximate surface area is 121 Å². The molecule has 0 unspecified atom stereocenters. The number of carbonyl (C=O) groups is 1. The highest BCUT2D eigenvalue weighted by Crippen LogP contribution is 2.39. The van der Waals surface area contributed by atoms with Gasteiger partial charge in [-0.25, -0.2) is 13.2 Å². The lowest BCUT2D eigenvalue weighted by Gasteiger charge is -2.37. The van der Waals surface area contributed by atoms with Gasteiger partial charge in [0.05, 0.1) is 11.1 Å². The summed E-state index contributed by atoms with van der Waals surface area (Å²) in [6.07, 6.45) is 2.89. The van der Waals surface area contributed by atoms with Crippen LogP contribution in [0, 0.1) is 28.8 Å². The minimum Gasteiger partial charge on any atom is -0.329 e. The molecule has 1 aromatic rings. The van der Waals surface area contributed by atoms with Crippen molar-refractivity contribution in [3.05, 3.63) is 29.6 Å². The molecule has 1 aromatic carbocycles. The van der Waals surface area contributed by atoms with Gasteiger partial charge >= 0.3 is 0 Å². The van der Waals surface area contributed by atoms with Gasteiger partial charge in [0.25, 0.3) is 0 Å². The maximum Gasteiger partial charge on any atom is 0.231 e. The zero-order chi connectivity index (χ0) is 15.6. The van der Waals surface area contributed by atoms with Crippen LogP contribution in [0.4, 0.5) is 18.9 Å². The highest BCUT2D eigenvalue weighted by atomic mass is 19.2. The number of nitrogens with two attached hydrogens (primary N) is 1. The van der Waals surface area contributed by atoms with Gasteiger partial charge in [0.2, 0.25) is 5.91 Å². The summed E-state index contributed by atoms with van der Waals surface area (Å²) in [5.74, 6) is -3.49. The number of halogens is 3. The van der Waals surface area contributed by atoms with E-state index in [1.54, 1.807) is 0 Å². The Hall–Kier alpha value is -1.56. The number of carbonyl (C=O) groups excluding carboxylic acids is 1. The summed E-state index contributed by atoms with van der Waals surface area (Å²) in [5.41, 5.74) is 4.46. The molecule has 1 aliphatic rings. The van der Waals surface area contributed by atoms with Gasteiger partial charge in [-0.15, -0.1) is 0 Å². The van der Waals surface area contributed by atoms with Crippen LogP contribution in [-0.2, 0) is 4.79 Å². The number of benzene rings is 1. The summed E-state index contributed by atoms with van der Waals surface area (Å²) < 4.78 is 39.9. The van der Waals surface area contributed by atoms with Gasteiger partial charge in [-0.2, -0.15) is 0 Å². The molecule has 116 valence electrons. The topological polar surface area (TPSA) is 55.1 Å². The normalized spacial score (nSPS) is 25.7. The molecule has 3 nitrogen and oxygen atoms in total. The zero-order valence-electron chi connectivity index (χ0n) is 11.9. The van der Waals surface area contributed by atoms with Gasteiger partial charge in [0.1, 0.15) is 5.82 Å². The van der Waals surface area contributed by atoms with Crippen LogP contribution in [0.3, 0.4) is 0 Å². The molecule has 0 bridgehead atoms. The van der Waals surface area contributed by atoms with Gasteiger partial charge in [-0.05, 0) is 31.6 Å². The summed E-state index contributed by atoms with van der Waals surface area (Å²) in [6.45, 7) is 2.23. The first-order valence-corrected chi connectivity index (χ1v) is 7.04. The van der Waals surface area contributed by atoms with E-state index < -0.39 is 34.5 Å². The molecule has 0 heterocycles.